The van der Waals surface area contributed by atoms with Gasteiger partial charge < -0.3 is 20.4 Å². The van der Waals surface area contributed by atoms with Crippen LogP contribution in [0.1, 0.15) is 11.1 Å². The second kappa shape index (κ2) is 8.89. The normalized spacial score (nSPS) is 10.6. The van der Waals surface area contributed by atoms with Gasteiger partial charge in [-0.1, -0.05) is 36.4 Å². The molecule has 6 nitrogen and oxygen atoms in total. The number of aromatic nitrogens is 1. The van der Waals surface area contributed by atoms with Gasteiger partial charge in [0.25, 0.3) is 0 Å². The van der Waals surface area contributed by atoms with Crippen molar-refractivity contribution in [1.29, 1.82) is 0 Å². The van der Waals surface area contributed by atoms with Crippen LogP contribution in [0.4, 0.5) is 0 Å². The van der Waals surface area contributed by atoms with Gasteiger partial charge in [0.2, 0.25) is 0 Å². The summed E-state index contributed by atoms with van der Waals surface area (Å²) in [6, 6.07) is 15.6. The van der Waals surface area contributed by atoms with Gasteiger partial charge in [-0.3, -0.25) is 9.59 Å². The zero-order valence-corrected chi connectivity index (χ0v) is 15.2. The second-order valence-electron chi connectivity index (χ2n) is 6.18. The van der Waals surface area contributed by atoms with Gasteiger partial charge in [0.05, 0.1) is 7.11 Å². The van der Waals surface area contributed by atoms with Gasteiger partial charge in [-0.05, 0) is 36.1 Å². The molecule has 0 aliphatic heterocycles. The van der Waals surface area contributed by atoms with Crippen LogP contribution in [0.5, 0.6) is 5.75 Å². The van der Waals surface area contributed by atoms with Crippen molar-refractivity contribution in [2.24, 2.45) is 0 Å². The van der Waals surface area contributed by atoms with Crippen LogP contribution in [0, 0.1) is 0 Å². The molecule has 0 spiro atoms. The van der Waals surface area contributed by atoms with Crippen LogP contribution in [0.25, 0.3) is 10.9 Å². The molecule has 6 heteroatoms. The minimum atomic E-state index is -0.621. The predicted molar refractivity (Wildman–Crippen MR) is 105 cm³/mol. The van der Waals surface area contributed by atoms with Crippen molar-refractivity contribution < 1.29 is 14.3 Å². The summed E-state index contributed by atoms with van der Waals surface area (Å²) in [6.45, 7) is 0.773. The van der Waals surface area contributed by atoms with Gasteiger partial charge in [-0.15, -0.1) is 0 Å². The first-order valence-electron chi connectivity index (χ1n) is 8.92. The van der Waals surface area contributed by atoms with E-state index in [-0.39, 0.29) is 0 Å². The Morgan fingerprint density at radius 2 is 1.52 bits per heavy atom. The Balaban J connectivity index is 1.42. The molecule has 0 unspecified atom stereocenters. The van der Waals surface area contributed by atoms with Crippen molar-refractivity contribution in [2.75, 3.05) is 20.2 Å². The fourth-order valence-electron chi connectivity index (χ4n) is 3.03. The van der Waals surface area contributed by atoms with Crippen molar-refractivity contribution in [3.05, 3.63) is 65.9 Å². The fourth-order valence-corrected chi connectivity index (χ4v) is 3.03. The Bertz CT molecular complexity index is 933. The Kier molecular flexibility index (Phi) is 6.10. The molecule has 2 amide bonds. The molecule has 0 radical (unpaired) electrons. The second-order valence-corrected chi connectivity index (χ2v) is 6.18. The smallest absolute Gasteiger partial charge is 0.309 e. The lowest BCUT2D eigenvalue weighted by Gasteiger charge is -2.09. The molecule has 3 rings (SSSR count). The number of nitrogens with one attached hydrogen (secondary N) is 3. The van der Waals surface area contributed by atoms with Crippen molar-refractivity contribution >= 4 is 22.7 Å². The Morgan fingerprint density at radius 3 is 2.26 bits per heavy atom. The SMILES string of the molecule is COc1ccccc1CCNC(=O)C(=O)NCCc1c[nH]c2ccccc12. The monoisotopic (exact) mass is 365 g/mol. The molecular formula is C21H23N3O3. The zero-order valence-electron chi connectivity index (χ0n) is 15.2. The Labute approximate surface area is 157 Å². The van der Waals surface area contributed by atoms with Gasteiger partial charge in [0, 0.05) is 30.2 Å². The van der Waals surface area contributed by atoms with Gasteiger partial charge in [-0.2, -0.15) is 0 Å². The van der Waals surface area contributed by atoms with Crippen LogP contribution in [0.15, 0.2) is 54.7 Å². The van der Waals surface area contributed by atoms with E-state index in [4.69, 9.17) is 4.74 Å². The molecule has 0 fully saturated rings. The van der Waals surface area contributed by atoms with E-state index < -0.39 is 11.8 Å². The molecule has 1 aromatic heterocycles. The van der Waals surface area contributed by atoms with Crippen LogP contribution < -0.4 is 15.4 Å². The highest BCUT2D eigenvalue weighted by molar-refractivity contribution is 6.35. The summed E-state index contributed by atoms with van der Waals surface area (Å²) in [4.78, 5) is 27.1. The first-order chi connectivity index (χ1) is 13.2. The lowest BCUT2D eigenvalue weighted by Crippen LogP contribution is -2.41. The van der Waals surface area contributed by atoms with Crippen LogP contribution in [-0.2, 0) is 22.4 Å². The molecule has 1 heterocycles. The van der Waals surface area contributed by atoms with Crippen molar-refractivity contribution in [1.82, 2.24) is 15.6 Å². The Hall–Kier alpha value is -3.28. The molecule has 0 atom stereocenters. The summed E-state index contributed by atoms with van der Waals surface area (Å²) in [6.07, 6.45) is 3.19. The minimum absolute atomic E-state index is 0.370. The topological polar surface area (TPSA) is 83.2 Å². The molecule has 0 saturated heterocycles. The number of hydrogen-bond donors (Lipinski definition) is 3. The van der Waals surface area contributed by atoms with Gasteiger partial charge >= 0.3 is 11.8 Å². The molecule has 3 N–H and O–H groups in total. The summed E-state index contributed by atoms with van der Waals surface area (Å²) in [7, 11) is 1.61. The lowest BCUT2D eigenvalue weighted by molar-refractivity contribution is -0.139. The molecule has 0 saturated carbocycles. The number of para-hydroxylation sites is 2. The van der Waals surface area contributed by atoms with Gasteiger partial charge in [0.15, 0.2) is 0 Å². The van der Waals surface area contributed by atoms with Crippen molar-refractivity contribution in [3.63, 3.8) is 0 Å². The summed E-state index contributed by atoms with van der Waals surface area (Å²) >= 11 is 0. The van der Waals surface area contributed by atoms with E-state index in [1.165, 1.54) is 0 Å². The summed E-state index contributed by atoms with van der Waals surface area (Å²) in [5.74, 6) is -0.464. The first kappa shape index (κ1) is 18.5. The molecule has 0 bridgehead atoms. The number of carbonyl (C=O) groups is 2. The van der Waals surface area contributed by atoms with E-state index in [1.54, 1.807) is 7.11 Å². The van der Waals surface area contributed by atoms with E-state index in [0.717, 1.165) is 27.8 Å². The number of ether oxygens (including phenoxy) is 1. The average molecular weight is 365 g/mol. The van der Waals surface area contributed by atoms with E-state index in [1.807, 2.05) is 54.7 Å². The summed E-state index contributed by atoms with van der Waals surface area (Å²) in [5.41, 5.74) is 3.16. The summed E-state index contributed by atoms with van der Waals surface area (Å²) < 4.78 is 5.27. The highest BCUT2D eigenvalue weighted by Crippen LogP contribution is 2.18. The number of amides is 2. The van der Waals surface area contributed by atoms with E-state index in [2.05, 4.69) is 15.6 Å². The summed E-state index contributed by atoms with van der Waals surface area (Å²) in [5, 5.41) is 6.44. The Morgan fingerprint density at radius 1 is 0.889 bits per heavy atom. The maximum absolute atomic E-state index is 11.9. The minimum Gasteiger partial charge on any atom is -0.496 e. The molecule has 0 aliphatic carbocycles. The maximum Gasteiger partial charge on any atom is 0.309 e. The number of carbonyl (C=O) groups excluding carboxylic acids is 2. The number of hydrogen-bond acceptors (Lipinski definition) is 3. The number of rotatable bonds is 7. The molecule has 140 valence electrons. The third-order valence-electron chi connectivity index (χ3n) is 4.43. The first-order valence-corrected chi connectivity index (χ1v) is 8.92. The molecule has 27 heavy (non-hydrogen) atoms. The highest BCUT2D eigenvalue weighted by Gasteiger charge is 2.13. The fraction of sp³-hybridized carbons (Fsp3) is 0.238. The van der Waals surface area contributed by atoms with Crippen LogP contribution in [0.3, 0.4) is 0 Å². The predicted octanol–water partition coefficient (Wildman–Crippen LogP) is 2.19. The van der Waals surface area contributed by atoms with Crippen molar-refractivity contribution in [2.45, 2.75) is 12.8 Å². The molecule has 2 aromatic carbocycles. The van der Waals surface area contributed by atoms with Gasteiger partial charge in [0.1, 0.15) is 5.75 Å². The number of fused-ring (bicyclic) bond motifs is 1. The lowest BCUT2D eigenvalue weighted by atomic mass is 10.1. The largest absolute Gasteiger partial charge is 0.496 e. The van der Waals surface area contributed by atoms with Crippen LogP contribution in [-0.4, -0.2) is 37.0 Å². The molecular weight excluding hydrogens is 342 g/mol. The number of methoxy groups -OCH3 is 1. The van der Waals surface area contributed by atoms with Crippen molar-refractivity contribution in [3.8, 4) is 5.75 Å². The van der Waals surface area contributed by atoms with E-state index in [9.17, 15) is 9.59 Å². The van der Waals surface area contributed by atoms with E-state index in [0.29, 0.717) is 25.9 Å². The number of benzene rings is 2. The number of H-pyrrole nitrogens is 1. The van der Waals surface area contributed by atoms with Crippen LogP contribution in [0.2, 0.25) is 0 Å². The third-order valence-corrected chi connectivity index (χ3v) is 4.43. The average Bonchev–Trinajstić information content (AvgIpc) is 3.11. The van der Waals surface area contributed by atoms with Crippen LogP contribution >= 0.6 is 0 Å². The maximum atomic E-state index is 11.9. The molecule has 3 aromatic rings. The third kappa shape index (κ3) is 4.67. The molecule has 0 aliphatic rings. The zero-order chi connectivity index (χ0) is 19.1. The standard InChI is InChI=1S/C21H23N3O3/c1-27-19-9-5-2-6-15(19)10-12-22-20(25)21(26)23-13-11-16-14-24-18-8-4-3-7-17(16)18/h2-9,14,24H,10-13H2,1H3,(H,22,25)(H,23,26). The highest BCUT2D eigenvalue weighted by atomic mass is 16.5. The quantitative estimate of drug-likeness (QED) is 0.561. The number of aromatic amines is 1. The van der Waals surface area contributed by atoms with E-state index >= 15 is 0 Å². The van der Waals surface area contributed by atoms with Gasteiger partial charge in [-0.25, -0.2) is 0 Å².